The third kappa shape index (κ3) is 5.51. The van der Waals surface area contributed by atoms with E-state index in [1.165, 1.54) is 25.3 Å². The van der Waals surface area contributed by atoms with Gasteiger partial charge in [-0.15, -0.1) is 0 Å². The van der Waals surface area contributed by atoms with E-state index >= 15 is 0 Å². The molecule has 2 amide bonds. The van der Waals surface area contributed by atoms with E-state index in [9.17, 15) is 22.8 Å². The number of hydrogen-bond donors (Lipinski definition) is 2. The molecule has 0 aliphatic heterocycles. The summed E-state index contributed by atoms with van der Waals surface area (Å²) in [7, 11) is 1.54. The van der Waals surface area contributed by atoms with Crippen LogP contribution in [0.5, 0.6) is 5.75 Å². The van der Waals surface area contributed by atoms with Crippen LogP contribution in [-0.4, -0.2) is 25.1 Å². The van der Waals surface area contributed by atoms with Crippen LogP contribution in [0.1, 0.15) is 12.0 Å². The maximum atomic E-state index is 12.4. The maximum Gasteiger partial charge on any atom is 0.471 e. The van der Waals surface area contributed by atoms with Gasteiger partial charge in [-0.1, -0.05) is 24.3 Å². The first kappa shape index (κ1) is 19.3. The average molecular weight is 366 g/mol. The summed E-state index contributed by atoms with van der Waals surface area (Å²) in [6.45, 7) is 0. The van der Waals surface area contributed by atoms with Gasteiger partial charge in [-0.3, -0.25) is 9.59 Å². The van der Waals surface area contributed by atoms with Gasteiger partial charge in [0.25, 0.3) is 0 Å². The normalized spacial score (nSPS) is 10.9. The Kier molecular flexibility index (Phi) is 6.21. The van der Waals surface area contributed by atoms with Crippen LogP contribution in [0.3, 0.4) is 0 Å². The Morgan fingerprint density at radius 2 is 1.65 bits per heavy atom. The highest BCUT2D eigenvalue weighted by Crippen LogP contribution is 2.24. The molecule has 138 valence electrons. The third-order valence-corrected chi connectivity index (χ3v) is 3.48. The minimum absolute atomic E-state index is 0.0979. The van der Waals surface area contributed by atoms with Crippen molar-refractivity contribution in [2.45, 2.75) is 19.0 Å². The van der Waals surface area contributed by atoms with Crippen molar-refractivity contribution < 1.29 is 27.5 Å². The average Bonchev–Trinajstić information content (AvgIpc) is 2.61. The predicted molar refractivity (Wildman–Crippen MR) is 91.1 cm³/mol. The van der Waals surface area contributed by atoms with E-state index in [0.29, 0.717) is 12.2 Å². The molecular weight excluding hydrogens is 349 g/mol. The summed E-state index contributed by atoms with van der Waals surface area (Å²) in [6, 6.07) is 12.9. The summed E-state index contributed by atoms with van der Waals surface area (Å²) >= 11 is 0. The second-order valence-electron chi connectivity index (χ2n) is 5.40. The number of halogens is 3. The van der Waals surface area contributed by atoms with E-state index in [4.69, 9.17) is 4.74 Å². The molecule has 2 rings (SSSR count). The van der Waals surface area contributed by atoms with Crippen molar-refractivity contribution in [3.8, 4) is 5.75 Å². The number of anilines is 2. The van der Waals surface area contributed by atoms with E-state index in [1.807, 2.05) is 6.07 Å². The number of ether oxygens (including phenoxy) is 1. The van der Waals surface area contributed by atoms with Crippen LogP contribution in [0.4, 0.5) is 24.5 Å². The van der Waals surface area contributed by atoms with Gasteiger partial charge in [-0.05, 0) is 36.2 Å². The highest BCUT2D eigenvalue weighted by atomic mass is 19.4. The van der Waals surface area contributed by atoms with Crippen LogP contribution in [-0.2, 0) is 16.0 Å². The molecule has 0 saturated carbocycles. The number of benzene rings is 2. The molecule has 26 heavy (non-hydrogen) atoms. The molecule has 0 saturated heterocycles. The second-order valence-corrected chi connectivity index (χ2v) is 5.40. The van der Waals surface area contributed by atoms with Gasteiger partial charge < -0.3 is 15.4 Å². The largest absolute Gasteiger partial charge is 0.497 e. The molecule has 2 aromatic rings. The fraction of sp³-hybridized carbons (Fsp3) is 0.222. The minimum Gasteiger partial charge on any atom is -0.497 e. The van der Waals surface area contributed by atoms with Crippen molar-refractivity contribution in [3.63, 3.8) is 0 Å². The maximum absolute atomic E-state index is 12.4. The zero-order valence-electron chi connectivity index (χ0n) is 13.9. The molecule has 0 aromatic heterocycles. The van der Waals surface area contributed by atoms with Crippen LogP contribution in [0.25, 0.3) is 0 Å². The number of aryl methyl sites for hydroxylation is 1. The molecule has 0 fully saturated rings. The van der Waals surface area contributed by atoms with Crippen LogP contribution in [0, 0.1) is 0 Å². The lowest BCUT2D eigenvalue weighted by Gasteiger charge is -2.13. The van der Waals surface area contributed by atoms with Crippen LogP contribution in [0.2, 0.25) is 0 Å². The summed E-state index contributed by atoms with van der Waals surface area (Å²) in [6.07, 6.45) is -4.46. The predicted octanol–water partition coefficient (Wildman–Crippen LogP) is 3.77. The number of alkyl halides is 3. The molecule has 0 heterocycles. The summed E-state index contributed by atoms with van der Waals surface area (Å²) in [5, 5.41) is 4.26. The fourth-order valence-electron chi connectivity index (χ4n) is 2.19. The van der Waals surface area contributed by atoms with Gasteiger partial charge in [0.1, 0.15) is 5.75 Å². The van der Waals surface area contributed by atoms with Crippen molar-refractivity contribution in [2.24, 2.45) is 0 Å². The highest BCUT2D eigenvalue weighted by Gasteiger charge is 2.39. The molecule has 0 aliphatic rings. The number of hydrogen-bond acceptors (Lipinski definition) is 3. The Labute approximate surface area is 148 Å². The van der Waals surface area contributed by atoms with Crippen LogP contribution < -0.4 is 15.4 Å². The van der Waals surface area contributed by atoms with E-state index in [1.54, 1.807) is 29.6 Å². The van der Waals surface area contributed by atoms with E-state index in [2.05, 4.69) is 5.32 Å². The van der Waals surface area contributed by atoms with Gasteiger partial charge in [0.2, 0.25) is 5.91 Å². The molecular formula is C18H17F3N2O3. The molecule has 0 spiro atoms. The SMILES string of the molecule is COc1cccc(CCC(=O)Nc2ccccc2NC(=O)C(F)(F)F)c1. The number of carbonyl (C=O) groups excluding carboxylic acids is 2. The lowest BCUT2D eigenvalue weighted by molar-refractivity contribution is -0.167. The fourth-order valence-corrected chi connectivity index (χ4v) is 2.19. The van der Waals surface area contributed by atoms with Crippen molar-refractivity contribution >= 4 is 23.2 Å². The topological polar surface area (TPSA) is 67.4 Å². The third-order valence-electron chi connectivity index (χ3n) is 3.48. The Morgan fingerprint density at radius 1 is 1.00 bits per heavy atom. The van der Waals surface area contributed by atoms with Gasteiger partial charge in [0.15, 0.2) is 0 Å². The molecule has 2 aromatic carbocycles. The minimum atomic E-state index is -5.01. The first-order valence-corrected chi connectivity index (χ1v) is 7.69. The molecule has 0 radical (unpaired) electrons. The van der Waals surface area contributed by atoms with Crippen molar-refractivity contribution in [1.82, 2.24) is 0 Å². The van der Waals surface area contributed by atoms with Crippen molar-refractivity contribution in [1.29, 1.82) is 0 Å². The van der Waals surface area contributed by atoms with Gasteiger partial charge in [-0.25, -0.2) is 0 Å². The lowest BCUT2D eigenvalue weighted by Crippen LogP contribution is -2.30. The van der Waals surface area contributed by atoms with E-state index < -0.39 is 12.1 Å². The molecule has 0 unspecified atom stereocenters. The summed E-state index contributed by atoms with van der Waals surface area (Å²) in [5.74, 6) is -1.82. The number of carbonyl (C=O) groups is 2. The number of amides is 2. The second kappa shape index (κ2) is 8.37. The van der Waals surface area contributed by atoms with Gasteiger partial charge in [0, 0.05) is 6.42 Å². The van der Waals surface area contributed by atoms with Crippen LogP contribution in [0.15, 0.2) is 48.5 Å². The van der Waals surface area contributed by atoms with Crippen molar-refractivity contribution in [2.75, 3.05) is 17.7 Å². The first-order chi connectivity index (χ1) is 12.3. The molecule has 8 heteroatoms. The Morgan fingerprint density at radius 3 is 2.27 bits per heavy atom. The number of nitrogens with one attached hydrogen (secondary N) is 2. The number of methoxy groups -OCH3 is 1. The Hall–Kier alpha value is -3.03. The molecule has 0 aliphatic carbocycles. The van der Waals surface area contributed by atoms with E-state index in [0.717, 1.165) is 5.56 Å². The summed E-state index contributed by atoms with van der Waals surface area (Å²) in [4.78, 5) is 23.2. The van der Waals surface area contributed by atoms with Gasteiger partial charge >= 0.3 is 12.1 Å². The van der Waals surface area contributed by atoms with Crippen LogP contribution >= 0.6 is 0 Å². The molecule has 2 N–H and O–H groups in total. The zero-order chi connectivity index (χ0) is 19.2. The summed E-state index contributed by atoms with van der Waals surface area (Å²) < 4.78 is 42.3. The van der Waals surface area contributed by atoms with E-state index in [-0.39, 0.29) is 23.7 Å². The molecule has 0 bridgehead atoms. The van der Waals surface area contributed by atoms with Gasteiger partial charge in [0.05, 0.1) is 18.5 Å². The van der Waals surface area contributed by atoms with Crippen molar-refractivity contribution in [3.05, 3.63) is 54.1 Å². The quantitative estimate of drug-likeness (QED) is 0.818. The Bertz CT molecular complexity index is 791. The molecule has 5 nitrogen and oxygen atoms in total. The summed E-state index contributed by atoms with van der Waals surface area (Å²) in [5.41, 5.74) is 0.864. The zero-order valence-corrected chi connectivity index (χ0v) is 13.9. The monoisotopic (exact) mass is 366 g/mol. The standard InChI is InChI=1S/C18H17F3N2O3/c1-26-13-6-4-5-12(11-13)9-10-16(24)22-14-7-2-3-8-15(14)23-17(25)18(19,20)21/h2-8,11H,9-10H2,1H3,(H,22,24)(H,23,25). The lowest BCUT2D eigenvalue weighted by atomic mass is 10.1. The smallest absolute Gasteiger partial charge is 0.471 e. The van der Waals surface area contributed by atoms with Gasteiger partial charge in [-0.2, -0.15) is 13.2 Å². The Balaban J connectivity index is 1.99. The highest BCUT2D eigenvalue weighted by molar-refractivity contribution is 6.01. The first-order valence-electron chi connectivity index (χ1n) is 7.69. The molecule has 0 atom stereocenters. The number of para-hydroxylation sites is 2. The number of rotatable bonds is 6.